The minimum atomic E-state index is -1.87. The predicted molar refractivity (Wildman–Crippen MR) is 190 cm³/mol. The minimum Gasteiger partial charge on any atom is -0.504 e. The number of carbonyl (C=O) groups excluding carboxylic acids is 2. The first-order valence-corrected chi connectivity index (χ1v) is 20.1. The van der Waals surface area contributed by atoms with Gasteiger partial charge in [0, 0.05) is 23.7 Å². The average molecular weight is 767 g/mol. The van der Waals surface area contributed by atoms with E-state index < -0.39 is 79.4 Å². The molecule has 0 aromatic rings. The van der Waals surface area contributed by atoms with E-state index in [4.69, 9.17) is 18.9 Å². The number of carboxylic acids is 1. The van der Waals surface area contributed by atoms with Gasteiger partial charge in [-0.05, 0) is 91.9 Å². The standard InChI is InChI=1S/C40H62O14/c1-7-21(17(2)3)24(41)14-18(4)26-29(44)30(45)27-22-9-8-19-15-20(10-12-39(19,5)23(22)11-13-40(26,27)6)52-38-33(48)34(32(47)35(54-38)36(49)50)53-37-31(46)28(43)25(42)16-51-37/h17-23,25,27-28,31-35,37-38,42-44,46-48H,7-16H2,1-6H3,(H,49,50)/t18-,19+,20+,21+,22-,23+,25-,27+,28+,31-,32+,33-,34+,35+,37+,38-,39+,40-/m1/s1. The molecule has 2 saturated heterocycles. The number of allylic oxidation sites excluding steroid dienone is 2. The molecule has 6 aliphatic rings. The molecular weight excluding hydrogens is 704 g/mol. The Morgan fingerprint density at radius 2 is 1.61 bits per heavy atom. The number of carbonyl (C=O) groups is 3. The summed E-state index contributed by atoms with van der Waals surface area (Å²) in [5.74, 6) is -1.56. The third kappa shape index (κ3) is 7.10. The van der Waals surface area contributed by atoms with Crippen LogP contribution in [0.15, 0.2) is 11.3 Å². The first kappa shape index (κ1) is 41.6. The zero-order valence-corrected chi connectivity index (χ0v) is 32.4. The van der Waals surface area contributed by atoms with Gasteiger partial charge in [-0.3, -0.25) is 9.59 Å². The SMILES string of the molecule is CC[C@H](C(=O)C[C@@H](C)C1=C(O)C(=O)[C@@H]2[C@@H]3CC[C@H]4C[C@@H](O[C@@H]5O[C@H](C(=O)O)[C@@H](O)[C@H](O[C@@H]6OC[C@@H](O)[C@H](O)[C@H]6O)[C@H]5O)CC[C@]4(C)[C@H]3CC[C@]12C)C(C)C. The van der Waals surface area contributed by atoms with Crippen LogP contribution in [0.3, 0.4) is 0 Å². The van der Waals surface area contributed by atoms with Gasteiger partial charge in [0.15, 0.2) is 24.4 Å². The lowest BCUT2D eigenvalue weighted by Gasteiger charge is -2.60. The van der Waals surface area contributed by atoms with E-state index in [1.807, 2.05) is 13.8 Å². The Kier molecular flexibility index (Phi) is 12.1. The molecule has 54 heavy (non-hydrogen) atoms. The summed E-state index contributed by atoms with van der Waals surface area (Å²) in [6.45, 7) is 12.1. The number of fused-ring (bicyclic) bond motifs is 5. The molecule has 306 valence electrons. The molecule has 0 bridgehead atoms. The van der Waals surface area contributed by atoms with Crippen molar-refractivity contribution in [2.24, 2.45) is 52.3 Å². The normalized spacial score (nSPS) is 46.4. The maximum absolute atomic E-state index is 14.0. The van der Waals surface area contributed by atoms with Crippen LogP contribution in [-0.4, -0.2) is 121 Å². The molecule has 0 radical (unpaired) electrons. The zero-order valence-electron chi connectivity index (χ0n) is 32.4. The Bertz CT molecular complexity index is 1450. The van der Waals surface area contributed by atoms with Gasteiger partial charge in [0.2, 0.25) is 5.78 Å². The summed E-state index contributed by atoms with van der Waals surface area (Å²) in [5.41, 5.74) is 0.108. The summed E-state index contributed by atoms with van der Waals surface area (Å²) in [5, 5.41) is 73.6. The van der Waals surface area contributed by atoms with Crippen molar-refractivity contribution in [2.45, 2.75) is 161 Å². The van der Waals surface area contributed by atoms with Crippen molar-refractivity contribution in [3.63, 3.8) is 0 Å². The van der Waals surface area contributed by atoms with Crippen LogP contribution in [0.1, 0.15) is 99.3 Å². The summed E-state index contributed by atoms with van der Waals surface area (Å²) in [7, 11) is 0. The van der Waals surface area contributed by atoms with Crippen LogP contribution < -0.4 is 0 Å². The van der Waals surface area contributed by atoms with Crippen LogP contribution in [0.2, 0.25) is 0 Å². The number of hydrogen-bond donors (Lipinski definition) is 7. The highest BCUT2D eigenvalue weighted by molar-refractivity contribution is 6.00. The molecule has 0 aromatic carbocycles. The lowest BCUT2D eigenvalue weighted by molar-refractivity contribution is -0.351. The number of ketones is 2. The Morgan fingerprint density at radius 3 is 2.26 bits per heavy atom. The number of aliphatic hydroxyl groups is 6. The van der Waals surface area contributed by atoms with E-state index in [1.54, 1.807) is 0 Å². The fourth-order valence-corrected chi connectivity index (χ4v) is 11.9. The highest BCUT2D eigenvalue weighted by Crippen LogP contribution is 2.67. The van der Waals surface area contributed by atoms with E-state index in [1.165, 1.54) is 0 Å². The van der Waals surface area contributed by atoms with E-state index in [2.05, 4.69) is 27.7 Å². The second kappa shape index (κ2) is 15.7. The van der Waals surface area contributed by atoms with Gasteiger partial charge in [0.05, 0.1) is 12.7 Å². The molecule has 0 amide bonds. The second-order valence-corrected chi connectivity index (χ2v) is 18.1. The molecule has 0 aromatic heterocycles. The Hall–Kier alpha value is -2.01. The number of aliphatic hydroxyl groups excluding tert-OH is 6. The Labute approximate surface area is 317 Å². The van der Waals surface area contributed by atoms with Crippen molar-refractivity contribution in [1.82, 2.24) is 0 Å². The van der Waals surface area contributed by atoms with Gasteiger partial charge in [-0.15, -0.1) is 0 Å². The quantitative estimate of drug-likeness (QED) is 0.150. The van der Waals surface area contributed by atoms with Gasteiger partial charge in [-0.25, -0.2) is 4.79 Å². The van der Waals surface area contributed by atoms with Crippen LogP contribution in [0, 0.1) is 52.3 Å². The number of carboxylic acid groups (broad SMARTS) is 1. The number of rotatable bonds is 11. The topological polar surface area (TPSA) is 230 Å². The fourth-order valence-electron chi connectivity index (χ4n) is 11.9. The number of aliphatic carboxylic acids is 1. The fraction of sp³-hybridized carbons (Fsp3) is 0.875. The van der Waals surface area contributed by atoms with Crippen LogP contribution in [0.4, 0.5) is 0 Å². The maximum Gasteiger partial charge on any atom is 0.335 e. The third-order valence-electron chi connectivity index (χ3n) is 14.7. The van der Waals surface area contributed by atoms with Gasteiger partial charge in [-0.1, -0.05) is 41.5 Å². The van der Waals surface area contributed by atoms with Gasteiger partial charge >= 0.3 is 5.97 Å². The van der Waals surface area contributed by atoms with Crippen molar-refractivity contribution in [1.29, 1.82) is 0 Å². The van der Waals surface area contributed by atoms with Crippen molar-refractivity contribution in [3.05, 3.63) is 11.3 Å². The van der Waals surface area contributed by atoms with E-state index in [0.29, 0.717) is 19.3 Å². The molecule has 0 unspecified atom stereocenters. The molecule has 4 aliphatic carbocycles. The summed E-state index contributed by atoms with van der Waals surface area (Å²) in [6, 6.07) is 0. The van der Waals surface area contributed by atoms with E-state index in [0.717, 1.165) is 44.1 Å². The lowest BCUT2D eigenvalue weighted by Crippen LogP contribution is -2.64. The van der Waals surface area contributed by atoms with Crippen LogP contribution >= 0.6 is 0 Å². The molecule has 14 nitrogen and oxygen atoms in total. The molecular formula is C40H62O14. The number of ether oxygens (including phenoxy) is 4. The lowest BCUT2D eigenvalue weighted by atomic mass is 9.44. The van der Waals surface area contributed by atoms with Crippen molar-refractivity contribution in [3.8, 4) is 0 Å². The van der Waals surface area contributed by atoms with Gasteiger partial charge < -0.3 is 54.7 Å². The second-order valence-electron chi connectivity index (χ2n) is 18.1. The molecule has 0 spiro atoms. The monoisotopic (exact) mass is 766 g/mol. The smallest absolute Gasteiger partial charge is 0.335 e. The van der Waals surface area contributed by atoms with Gasteiger partial charge in [-0.2, -0.15) is 0 Å². The van der Waals surface area contributed by atoms with Gasteiger partial charge in [0.25, 0.3) is 0 Å². The molecule has 5 fully saturated rings. The van der Waals surface area contributed by atoms with Crippen molar-refractivity contribution in [2.75, 3.05) is 6.61 Å². The predicted octanol–water partition coefficient (Wildman–Crippen LogP) is 2.65. The van der Waals surface area contributed by atoms with E-state index in [9.17, 15) is 50.1 Å². The van der Waals surface area contributed by atoms with Crippen molar-refractivity contribution < 1.29 is 69.1 Å². The van der Waals surface area contributed by atoms with Crippen LogP contribution in [-0.2, 0) is 33.3 Å². The molecule has 18 atom stereocenters. The van der Waals surface area contributed by atoms with E-state index >= 15 is 0 Å². The number of hydrogen-bond acceptors (Lipinski definition) is 13. The third-order valence-corrected chi connectivity index (χ3v) is 14.7. The molecule has 7 N–H and O–H groups in total. The highest BCUT2D eigenvalue weighted by atomic mass is 16.7. The van der Waals surface area contributed by atoms with Crippen molar-refractivity contribution >= 4 is 17.5 Å². The number of Topliss-reactive ketones (excluding diaryl/α,β-unsaturated/α-hetero) is 2. The first-order chi connectivity index (χ1) is 25.3. The average Bonchev–Trinajstić information content (AvgIpc) is 3.31. The van der Waals surface area contributed by atoms with Gasteiger partial charge in [0.1, 0.15) is 42.4 Å². The Morgan fingerprint density at radius 1 is 0.907 bits per heavy atom. The maximum atomic E-state index is 14.0. The highest BCUT2D eigenvalue weighted by Gasteiger charge is 2.64. The molecule has 14 heteroatoms. The van der Waals surface area contributed by atoms with E-state index in [-0.39, 0.29) is 64.2 Å². The molecule has 2 aliphatic heterocycles. The summed E-state index contributed by atoms with van der Waals surface area (Å²) >= 11 is 0. The van der Waals surface area contributed by atoms with Crippen LogP contribution in [0.5, 0.6) is 0 Å². The molecule has 3 saturated carbocycles. The molecule has 6 rings (SSSR count). The largest absolute Gasteiger partial charge is 0.504 e. The summed E-state index contributed by atoms with van der Waals surface area (Å²) in [4.78, 5) is 39.4. The Balaban J connectivity index is 1.13. The summed E-state index contributed by atoms with van der Waals surface area (Å²) in [6.07, 6.45) is -9.03. The molecule has 2 heterocycles. The zero-order chi connectivity index (χ0) is 39.6. The van der Waals surface area contributed by atoms with Crippen LogP contribution in [0.25, 0.3) is 0 Å². The minimum absolute atomic E-state index is 0.0510. The summed E-state index contributed by atoms with van der Waals surface area (Å²) < 4.78 is 22.8. The first-order valence-electron chi connectivity index (χ1n) is 20.1.